The van der Waals surface area contributed by atoms with Crippen LogP contribution in [-0.4, -0.2) is 44.4 Å². The van der Waals surface area contributed by atoms with Gasteiger partial charge in [0.05, 0.1) is 0 Å². The smallest absolute Gasteiger partial charge is 0.256 e. The number of nitrogens with one attached hydrogen (secondary N) is 2. The number of rotatable bonds is 6. The average Bonchev–Trinajstić information content (AvgIpc) is 3.20. The number of nitrogens with zero attached hydrogens (tertiary/aromatic N) is 2. The standard InChI is InChI=1S/C24H28N4O3S/c1-14(2)18(20(29)26-13-15-9-11-25-12-10-15)27-21(30)19-24(3,4)32-23-17-8-6-5-7-16(17)22(31)28(19)23/h5-12,14,18-19,23H,13H2,1-4H3,(H,26,29)(H,27,30)/t18-,19+,23?/m0/s1. The van der Waals surface area contributed by atoms with E-state index in [4.69, 9.17) is 0 Å². The molecule has 1 saturated heterocycles. The van der Waals surface area contributed by atoms with Gasteiger partial charge in [0.2, 0.25) is 11.8 Å². The van der Waals surface area contributed by atoms with Crippen molar-refractivity contribution in [1.82, 2.24) is 20.5 Å². The number of hydrogen-bond acceptors (Lipinski definition) is 5. The van der Waals surface area contributed by atoms with Crippen molar-refractivity contribution in [3.8, 4) is 0 Å². The van der Waals surface area contributed by atoms with Crippen LogP contribution in [0.15, 0.2) is 48.8 Å². The Morgan fingerprint density at radius 1 is 1.16 bits per heavy atom. The Hall–Kier alpha value is -2.87. The van der Waals surface area contributed by atoms with Gasteiger partial charge in [-0.3, -0.25) is 19.4 Å². The molecular formula is C24H28N4O3S. The van der Waals surface area contributed by atoms with Crippen LogP contribution in [0, 0.1) is 5.92 Å². The molecule has 2 aliphatic heterocycles. The zero-order valence-electron chi connectivity index (χ0n) is 18.7. The lowest BCUT2D eigenvalue weighted by Crippen LogP contribution is -2.58. The molecule has 1 fully saturated rings. The van der Waals surface area contributed by atoms with Gasteiger partial charge in [0.1, 0.15) is 17.5 Å². The number of hydrogen-bond donors (Lipinski definition) is 2. The molecule has 3 atom stereocenters. The SMILES string of the molecule is CC(C)[C@H](NC(=O)[C@H]1N2C(=O)c3ccccc3C2SC1(C)C)C(=O)NCc1ccncc1. The molecule has 0 spiro atoms. The fourth-order valence-corrected chi connectivity index (χ4v) is 5.96. The van der Waals surface area contributed by atoms with Crippen molar-refractivity contribution in [2.75, 3.05) is 0 Å². The second-order valence-corrected chi connectivity index (χ2v) is 10.8. The summed E-state index contributed by atoms with van der Waals surface area (Å²) in [5, 5.41) is 5.65. The third-order valence-corrected chi connectivity index (χ3v) is 7.54. The molecular weight excluding hydrogens is 424 g/mol. The van der Waals surface area contributed by atoms with Crippen LogP contribution in [0.3, 0.4) is 0 Å². The Morgan fingerprint density at radius 2 is 1.84 bits per heavy atom. The number of thioether (sulfide) groups is 1. The van der Waals surface area contributed by atoms with Gasteiger partial charge in [-0.25, -0.2) is 0 Å². The van der Waals surface area contributed by atoms with Crippen molar-refractivity contribution in [3.05, 3.63) is 65.5 Å². The lowest BCUT2D eigenvalue weighted by atomic mass is 9.98. The fraction of sp³-hybridized carbons (Fsp3) is 0.417. The number of aromatic nitrogens is 1. The van der Waals surface area contributed by atoms with E-state index >= 15 is 0 Å². The fourth-order valence-electron chi connectivity index (χ4n) is 4.37. The van der Waals surface area contributed by atoms with E-state index < -0.39 is 16.8 Å². The normalized spacial score (nSPS) is 21.8. The van der Waals surface area contributed by atoms with Gasteiger partial charge in [-0.2, -0.15) is 0 Å². The van der Waals surface area contributed by atoms with Crippen molar-refractivity contribution >= 4 is 29.5 Å². The first kappa shape index (κ1) is 22.3. The minimum absolute atomic E-state index is 0.115. The van der Waals surface area contributed by atoms with Gasteiger partial charge in [0, 0.05) is 29.2 Å². The molecule has 8 heteroatoms. The molecule has 2 aromatic rings. The van der Waals surface area contributed by atoms with Crippen molar-refractivity contribution in [3.63, 3.8) is 0 Å². The number of pyridine rings is 1. The summed E-state index contributed by atoms with van der Waals surface area (Å²) >= 11 is 1.61. The van der Waals surface area contributed by atoms with Gasteiger partial charge in [0.15, 0.2) is 0 Å². The van der Waals surface area contributed by atoms with Crippen LogP contribution in [0.5, 0.6) is 0 Å². The van der Waals surface area contributed by atoms with Gasteiger partial charge >= 0.3 is 0 Å². The van der Waals surface area contributed by atoms with Crippen molar-refractivity contribution in [2.24, 2.45) is 5.92 Å². The Morgan fingerprint density at radius 3 is 2.53 bits per heavy atom. The molecule has 0 saturated carbocycles. The van der Waals surface area contributed by atoms with Gasteiger partial charge in [-0.05, 0) is 49.1 Å². The van der Waals surface area contributed by atoms with Crippen LogP contribution in [0.4, 0.5) is 0 Å². The molecule has 1 aromatic carbocycles. The molecule has 1 unspecified atom stereocenters. The van der Waals surface area contributed by atoms with Crippen LogP contribution >= 0.6 is 11.8 Å². The van der Waals surface area contributed by atoms with E-state index in [1.807, 2.05) is 64.1 Å². The topological polar surface area (TPSA) is 91.4 Å². The number of fused-ring (bicyclic) bond motifs is 3. The molecule has 0 radical (unpaired) electrons. The van der Waals surface area contributed by atoms with Crippen LogP contribution in [0.25, 0.3) is 0 Å². The van der Waals surface area contributed by atoms with Crippen molar-refractivity contribution in [2.45, 2.75) is 56.4 Å². The molecule has 32 heavy (non-hydrogen) atoms. The summed E-state index contributed by atoms with van der Waals surface area (Å²) in [5.41, 5.74) is 2.52. The predicted molar refractivity (Wildman–Crippen MR) is 124 cm³/mol. The number of amides is 3. The first-order valence-electron chi connectivity index (χ1n) is 10.8. The van der Waals surface area contributed by atoms with Crippen molar-refractivity contribution < 1.29 is 14.4 Å². The van der Waals surface area contributed by atoms with E-state index in [0.717, 1.165) is 11.1 Å². The highest BCUT2D eigenvalue weighted by Gasteiger charge is 2.57. The zero-order chi connectivity index (χ0) is 23.0. The van der Waals surface area contributed by atoms with Gasteiger partial charge < -0.3 is 15.5 Å². The van der Waals surface area contributed by atoms with E-state index in [1.165, 1.54) is 0 Å². The molecule has 0 bridgehead atoms. The molecule has 3 heterocycles. The molecule has 1 aromatic heterocycles. The average molecular weight is 453 g/mol. The maximum atomic E-state index is 13.5. The Balaban J connectivity index is 1.51. The summed E-state index contributed by atoms with van der Waals surface area (Å²) in [6.07, 6.45) is 3.34. The first-order chi connectivity index (χ1) is 15.2. The highest BCUT2D eigenvalue weighted by molar-refractivity contribution is 8.01. The maximum absolute atomic E-state index is 13.5. The number of benzene rings is 1. The van der Waals surface area contributed by atoms with Crippen LogP contribution in [0.1, 0.15) is 54.6 Å². The lowest BCUT2D eigenvalue weighted by Gasteiger charge is -2.32. The third kappa shape index (κ3) is 3.99. The zero-order valence-corrected chi connectivity index (χ0v) is 19.5. The Bertz CT molecular complexity index is 1040. The minimum Gasteiger partial charge on any atom is -0.350 e. The van der Waals surface area contributed by atoms with E-state index in [-0.39, 0.29) is 29.0 Å². The lowest BCUT2D eigenvalue weighted by molar-refractivity contribution is -0.132. The monoisotopic (exact) mass is 452 g/mol. The summed E-state index contributed by atoms with van der Waals surface area (Å²) < 4.78 is -0.493. The molecule has 4 rings (SSSR count). The second kappa shape index (κ2) is 8.58. The molecule has 7 nitrogen and oxygen atoms in total. The molecule has 3 amide bonds. The quantitative estimate of drug-likeness (QED) is 0.703. The Kier molecular flexibility index (Phi) is 5.99. The van der Waals surface area contributed by atoms with Gasteiger partial charge in [0.25, 0.3) is 5.91 Å². The summed E-state index contributed by atoms with van der Waals surface area (Å²) in [7, 11) is 0. The largest absolute Gasteiger partial charge is 0.350 e. The van der Waals surface area contributed by atoms with Crippen LogP contribution in [-0.2, 0) is 16.1 Å². The van der Waals surface area contributed by atoms with E-state index in [9.17, 15) is 14.4 Å². The first-order valence-corrected chi connectivity index (χ1v) is 11.6. The maximum Gasteiger partial charge on any atom is 0.256 e. The highest BCUT2D eigenvalue weighted by Crippen LogP contribution is 2.56. The van der Waals surface area contributed by atoms with Crippen molar-refractivity contribution in [1.29, 1.82) is 0 Å². The van der Waals surface area contributed by atoms with Gasteiger partial charge in [-0.1, -0.05) is 32.0 Å². The minimum atomic E-state index is -0.704. The molecule has 0 aliphatic carbocycles. The van der Waals surface area contributed by atoms with E-state index in [1.54, 1.807) is 29.1 Å². The molecule has 2 aliphatic rings. The van der Waals surface area contributed by atoms with Crippen LogP contribution in [0.2, 0.25) is 0 Å². The van der Waals surface area contributed by atoms with E-state index in [0.29, 0.717) is 12.1 Å². The third-order valence-electron chi connectivity index (χ3n) is 6.01. The summed E-state index contributed by atoms with van der Waals surface area (Å²) in [5.74, 6) is -0.798. The predicted octanol–water partition coefficient (Wildman–Crippen LogP) is 2.89. The van der Waals surface area contributed by atoms with E-state index in [2.05, 4.69) is 15.6 Å². The summed E-state index contributed by atoms with van der Waals surface area (Å²) in [6.45, 7) is 8.09. The molecule has 2 N–H and O–H groups in total. The summed E-state index contributed by atoms with van der Waals surface area (Å²) in [4.78, 5) is 45.2. The Labute approximate surface area is 192 Å². The van der Waals surface area contributed by atoms with Crippen LogP contribution < -0.4 is 10.6 Å². The summed E-state index contributed by atoms with van der Waals surface area (Å²) in [6, 6.07) is 9.80. The van der Waals surface area contributed by atoms with Gasteiger partial charge in [-0.15, -0.1) is 11.8 Å². The number of carbonyl (C=O) groups is 3. The second-order valence-electron chi connectivity index (χ2n) is 9.08. The molecule has 168 valence electrons. The highest BCUT2D eigenvalue weighted by atomic mass is 32.2. The number of carbonyl (C=O) groups excluding carboxylic acids is 3.